The number of hydrogen-bond donors (Lipinski definition) is 0. The van der Waals surface area contributed by atoms with Crippen LogP contribution < -0.4 is 0 Å². The monoisotopic (exact) mass is 360 g/mol. The van der Waals surface area contributed by atoms with Gasteiger partial charge in [-0.25, -0.2) is 0 Å². The zero-order valence-corrected chi connectivity index (χ0v) is 15.5. The number of nitrogens with zero attached hydrogens (tertiary/aromatic N) is 4. The highest BCUT2D eigenvalue weighted by Crippen LogP contribution is 2.35. The second kappa shape index (κ2) is 7.39. The number of rotatable bonds is 5. The quantitative estimate of drug-likeness (QED) is 0.792. The number of aromatic nitrogens is 2. The summed E-state index contributed by atoms with van der Waals surface area (Å²) in [6, 6.07) is 0.417. The van der Waals surface area contributed by atoms with E-state index in [1.165, 1.54) is 0 Å². The molecule has 1 aromatic rings. The van der Waals surface area contributed by atoms with Gasteiger partial charge in [-0.15, -0.1) is 0 Å². The van der Waals surface area contributed by atoms with Crippen LogP contribution >= 0.6 is 0 Å². The Hall–Kier alpha value is -1.89. The van der Waals surface area contributed by atoms with Crippen molar-refractivity contribution < 1.29 is 14.3 Å². The van der Waals surface area contributed by atoms with E-state index in [-0.39, 0.29) is 30.5 Å². The van der Waals surface area contributed by atoms with Crippen LogP contribution in [-0.4, -0.2) is 69.8 Å². The van der Waals surface area contributed by atoms with Crippen LogP contribution in [0.25, 0.3) is 0 Å². The van der Waals surface area contributed by atoms with E-state index in [0.29, 0.717) is 12.5 Å². The van der Waals surface area contributed by atoms with Crippen molar-refractivity contribution in [3.8, 4) is 0 Å². The van der Waals surface area contributed by atoms with E-state index in [0.717, 1.165) is 57.4 Å². The average molecular weight is 360 g/mol. The highest BCUT2D eigenvalue weighted by atomic mass is 16.5. The molecule has 3 fully saturated rings. The Labute approximate surface area is 154 Å². The molecule has 3 aliphatic rings. The van der Waals surface area contributed by atoms with E-state index in [1.807, 2.05) is 18.0 Å². The van der Waals surface area contributed by atoms with E-state index >= 15 is 0 Å². The molecule has 1 aliphatic carbocycles. The number of ether oxygens (including phenoxy) is 1. The molecular formula is C19H28N4O3. The van der Waals surface area contributed by atoms with Crippen molar-refractivity contribution in [1.29, 1.82) is 0 Å². The van der Waals surface area contributed by atoms with Crippen LogP contribution in [0.1, 0.15) is 37.7 Å². The van der Waals surface area contributed by atoms with Crippen molar-refractivity contribution in [2.24, 2.45) is 5.92 Å². The molecule has 1 aromatic heterocycles. The highest BCUT2D eigenvalue weighted by Gasteiger charge is 2.42. The van der Waals surface area contributed by atoms with Crippen LogP contribution in [0.15, 0.2) is 12.4 Å². The maximum atomic E-state index is 12.9. The van der Waals surface area contributed by atoms with Gasteiger partial charge in [-0.3, -0.25) is 14.3 Å². The smallest absolute Gasteiger partial charge is 0.244 e. The summed E-state index contributed by atoms with van der Waals surface area (Å²) in [6.45, 7) is 5.07. The standard InChI is InChI=1S/C19H28N4O3/c1-14-10-20-22(11-14)13-18(24)21-7-4-17(12-21)23(19(25)15-2-3-15)16-5-8-26-9-6-16/h10-11,15-17H,2-9,12-13H2,1H3. The second-order valence-electron chi connectivity index (χ2n) is 7.86. The molecule has 1 atom stereocenters. The van der Waals surface area contributed by atoms with E-state index in [1.54, 1.807) is 10.9 Å². The van der Waals surface area contributed by atoms with Crippen LogP contribution in [-0.2, 0) is 20.9 Å². The normalized spacial score (nSPS) is 24.0. The lowest BCUT2D eigenvalue weighted by atomic mass is 10.0. The lowest BCUT2D eigenvalue weighted by molar-refractivity contribution is -0.140. The molecule has 0 radical (unpaired) electrons. The van der Waals surface area contributed by atoms with Crippen molar-refractivity contribution in [3.05, 3.63) is 18.0 Å². The molecule has 4 rings (SSSR count). The van der Waals surface area contributed by atoms with E-state index in [2.05, 4.69) is 10.00 Å². The first-order valence-electron chi connectivity index (χ1n) is 9.78. The van der Waals surface area contributed by atoms with E-state index in [9.17, 15) is 9.59 Å². The van der Waals surface area contributed by atoms with Crippen molar-refractivity contribution in [3.63, 3.8) is 0 Å². The summed E-state index contributed by atoms with van der Waals surface area (Å²) in [7, 11) is 0. The molecule has 1 unspecified atom stereocenters. The Balaban J connectivity index is 1.40. The molecule has 0 spiro atoms. The van der Waals surface area contributed by atoms with Gasteiger partial charge in [0, 0.05) is 44.5 Å². The summed E-state index contributed by atoms with van der Waals surface area (Å²) < 4.78 is 7.17. The van der Waals surface area contributed by atoms with Gasteiger partial charge in [0.1, 0.15) is 6.54 Å². The first-order valence-corrected chi connectivity index (χ1v) is 9.78. The molecule has 7 nitrogen and oxygen atoms in total. The van der Waals surface area contributed by atoms with Gasteiger partial charge in [-0.2, -0.15) is 5.10 Å². The number of hydrogen-bond acceptors (Lipinski definition) is 4. The minimum Gasteiger partial charge on any atom is -0.381 e. The first-order chi connectivity index (χ1) is 12.6. The highest BCUT2D eigenvalue weighted by molar-refractivity contribution is 5.82. The minimum absolute atomic E-state index is 0.0846. The summed E-state index contributed by atoms with van der Waals surface area (Å²) in [6.07, 6.45) is 8.39. The first kappa shape index (κ1) is 17.5. The molecule has 1 saturated carbocycles. The Morgan fingerprint density at radius 3 is 2.62 bits per heavy atom. The van der Waals surface area contributed by atoms with Crippen LogP contribution in [0.4, 0.5) is 0 Å². The number of carbonyl (C=O) groups is 2. The van der Waals surface area contributed by atoms with Gasteiger partial charge < -0.3 is 14.5 Å². The molecular weight excluding hydrogens is 332 g/mol. The third-order valence-corrected chi connectivity index (χ3v) is 5.73. The average Bonchev–Trinajstić information content (AvgIpc) is 3.25. The molecule has 26 heavy (non-hydrogen) atoms. The van der Waals surface area contributed by atoms with Crippen molar-refractivity contribution in [1.82, 2.24) is 19.6 Å². The van der Waals surface area contributed by atoms with Gasteiger partial charge in [0.05, 0.1) is 12.2 Å². The molecule has 0 aromatic carbocycles. The Morgan fingerprint density at radius 1 is 1.19 bits per heavy atom. The number of carbonyl (C=O) groups excluding carboxylic acids is 2. The van der Waals surface area contributed by atoms with Gasteiger partial charge in [0.15, 0.2) is 0 Å². The summed E-state index contributed by atoms with van der Waals surface area (Å²) in [5.41, 5.74) is 1.05. The molecule has 2 amide bonds. The Morgan fingerprint density at radius 2 is 1.96 bits per heavy atom. The predicted octanol–water partition coefficient (Wildman–Crippen LogP) is 1.21. The third kappa shape index (κ3) is 3.77. The molecule has 2 aliphatic heterocycles. The lowest BCUT2D eigenvalue weighted by Crippen LogP contribution is -2.51. The van der Waals surface area contributed by atoms with Crippen molar-refractivity contribution in [2.75, 3.05) is 26.3 Å². The van der Waals surface area contributed by atoms with Gasteiger partial charge in [0.25, 0.3) is 0 Å². The topological polar surface area (TPSA) is 67.7 Å². The molecule has 3 heterocycles. The van der Waals surface area contributed by atoms with Crippen LogP contribution in [0.2, 0.25) is 0 Å². The van der Waals surface area contributed by atoms with Crippen LogP contribution in [0.5, 0.6) is 0 Å². The molecule has 7 heteroatoms. The Bertz CT molecular complexity index is 663. The SMILES string of the molecule is Cc1cnn(CC(=O)N2CCC(N(C(=O)C3CC3)C3CCOCC3)C2)c1. The fraction of sp³-hybridized carbons (Fsp3) is 0.737. The molecule has 0 bridgehead atoms. The Kier molecular flexibility index (Phi) is 4.98. The maximum absolute atomic E-state index is 12.9. The van der Waals surface area contributed by atoms with E-state index in [4.69, 9.17) is 4.74 Å². The number of aryl methyl sites for hydroxylation is 1. The minimum atomic E-state index is 0.0846. The van der Waals surface area contributed by atoms with Crippen molar-refractivity contribution >= 4 is 11.8 Å². The van der Waals surface area contributed by atoms with Gasteiger partial charge in [-0.1, -0.05) is 0 Å². The zero-order valence-electron chi connectivity index (χ0n) is 15.5. The fourth-order valence-electron chi connectivity index (χ4n) is 4.15. The number of amides is 2. The van der Waals surface area contributed by atoms with Crippen molar-refractivity contribution in [2.45, 2.75) is 57.7 Å². The van der Waals surface area contributed by atoms with E-state index < -0.39 is 0 Å². The van der Waals surface area contributed by atoms with Crippen LogP contribution in [0, 0.1) is 12.8 Å². The van der Waals surface area contributed by atoms with Gasteiger partial charge in [-0.05, 0) is 44.6 Å². The van der Waals surface area contributed by atoms with Crippen LogP contribution in [0.3, 0.4) is 0 Å². The maximum Gasteiger partial charge on any atom is 0.244 e. The zero-order chi connectivity index (χ0) is 18.1. The number of likely N-dealkylation sites (tertiary alicyclic amines) is 1. The third-order valence-electron chi connectivity index (χ3n) is 5.73. The largest absolute Gasteiger partial charge is 0.381 e. The summed E-state index contributed by atoms with van der Waals surface area (Å²) in [4.78, 5) is 29.6. The summed E-state index contributed by atoms with van der Waals surface area (Å²) in [5.74, 6) is 0.606. The summed E-state index contributed by atoms with van der Waals surface area (Å²) >= 11 is 0. The fourth-order valence-corrected chi connectivity index (χ4v) is 4.15. The van der Waals surface area contributed by atoms with Gasteiger partial charge >= 0.3 is 0 Å². The molecule has 142 valence electrons. The van der Waals surface area contributed by atoms with Gasteiger partial charge in [0.2, 0.25) is 11.8 Å². The lowest BCUT2D eigenvalue weighted by Gasteiger charge is -2.38. The second-order valence-corrected chi connectivity index (χ2v) is 7.86. The summed E-state index contributed by atoms with van der Waals surface area (Å²) in [5, 5.41) is 4.21. The molecule has 2 saturated heterocycles. The molecule has 0 N–H and O–H groups in total. The predicted molar refractivity (Wildman–Crippen MR) is 95.4 cm³/mol.